The molecule has 2 aromatic rings. The Morgan fingerprint density at radius 1 is 1.35 bits per heavy atom. The first-order valence-electron chi connectivity index (χ1n) is 6.00. The summed E-state index contributed by atoms with van der Waals surface area (Å²) in [7, 11) is 0. The van der Waals surface area contributed by atoms with E-state index in [1.807, 2.05) is 6.92 Å². The Kier molecular flexibility index (Phi) is 3.99. The van der Waals surface area contributed by atoms with Gasteiger partial charge in [-0.1, -0.05) is 0 Å². The molecule has 0 bridgehead atoms. The molecule has 0 saturated carbocycles. The minimum Gasteiger partial charge on any atom is -0.494 e. The van der Waals surface area contributed by atoms with E-state index in [4.69, 9.17) is 10.5 Å². The second kappa shape index (κ2) is 5.87. The molecule has 0 saturated heterocycles. The summed E-state index contributed by atoms with van der Waals surface area (Å²) in [6, 6.07) is 9.72. The highest BCUT2D eigenvalue weighted by Crippen LogP contribution is 2.23. The van der Waals surface area contributed by atoms with Crippen LogP contribution in [0.2, 0.25) is 0 Å². The van der Waals surface area contributed by atoms with Gasteiger partial charge in [-0.2, -0.15) is 0 Å². The number of ether oxygens (including phenoxy) is 1. The number of hydrogen-bond donors (Lipinski definition) is 2. The first kappa shape index (κ1) is 13.6. The van der Waals surface area contributed by atoms with Gasteiger partial charge in [-0.15, -0.1) is 0 Å². The molecule has 0 radical (unpaired) electrons. The first-order chi connectivity index (χ1) is 9.58. The van der Waals surface area contributed by atoms with Crippen LogP contribution >= 0.6 is 0 Å². The number of nitrogens with zero attached hydrogens (tertiary/aromatic N) is 2. The van der Waals surface area contributed by atoms with Gasteiger partial charge in [0.05, 0.1) is 23.7 Å². The Hall–Kier alpha value is -2.83. The molecule has 0 aliphatic carbocycles. The number of pyridine rings is 1. The lowest BCUT2D eigenvalue weighted by Gasteiger charge is -2.08. The van der Waals surface area contributed by atoms with Crippen LogP contribution in [0.1, 0.15) is 6.92 Å². The maximum absolute atomic E-state index is 10.8. The number of nitrogens with one attached hydrogen (secondary N) is 1. The fourth-order valence-electron chi connectivity index (χ4n) is 1.66. The van der Waals surface area contributed by atoms with Crippen LogP contribution in [0.25, 0.3) is 0 Å². The van der Waals surface area contributed by atoms with Gasteiger partial charge in [-0.3, -0.25) is 10.1 Å². The van der Waals surface area contributed by atoms with E-state index in [2.05, 4.69) is 10.3 Å². The number of nitrogens with two attached hydrogens (primary N) is 1. The lowest BCUT2D eigenvalue weighted by Crippen LogP contribution is -2.00. The summed E-state index contributed by atoms with van der Waals surface area (Å²) in [4.78, 5) is 14.2. The number of rotatable bonds is 5. The molecule has 3 N–H and O–H groups in total. The zero-order valence-corrected chi connectivity index (χ0v) is 10.9. The van der Waals surface area contributed by atoms with Crippen LogP contribution in [0.5, 0.6) is 5.75 Å². The van der Waals surface area contributed by atoms with E-state index in [0.29, 0.717) is 12.4 Å². The third kappa shape index (κ3) is 3.35. The van der Waals surface area contributed by atoms with Gasteiger partial charge in [0.15, 0.2) is 0 Å². The van der Waals surface area contributed by atoms with Crippen molar-refractivity contribution in [1.29, 1.82) is 0 Å². The van der Waals surface area contributed by atoms with E-state index in [9.17, 15) is 10.1 Å². The molecule has 0 aliphatic rings. The molecule has 104 valence electrons. The molecule has 1 aromatic carbocycles. The summed E-state index contributed by atoms with van der Waals surface area (Å²) in [5, 5.41) is 13.7. The summed E-state index contributed by atoms with van der Waals surface area (Å²) in [6.07, 6.45) is 0. The fourth-order valence-corrected chi connectivity index (χ4v) is 1.66. The second-order valence-corrected chi connectivity index (χ2v) is 3.97. The minimum atomic E-state index is -0.512. The molecule has 20 heavy (non-hydrogen) atoms. The second-order valence-electron chi connectivity index (χ2n) is 3.97. The van der Waals surface area contributed by atoms with Crippen molar-refractivity contribution in [3.63, 3.8) is 0 Å². The first-order valence-corrected chi connectivity index (χ1v) is 6.00. The smallest absolute Gasteiger partial charge is 0.276 e. The monoisotopic (exact) mass is 274 g/mol. The summed E-state index contributed by atoms with van der Waals surface area (Å²) in [6.45, 7) is 2.50. The molecular formula is C13H14N4O3. The van der Waals surface area contributed by atoms with Gasteiger partial charge in [0.1, 0.15) is 17.4 Å². The van der Waals surface area contributed by atoms with Crippen molar-refractivity contribution in [2.45, 2.75) is 6.92 Å². The molecule has 0 unspecified atom stereocenters. The van der Waals surface area contributed by atoms with E-state index in [1.54, 1.807) is 24.3 Å². The van der Waals surface area contributed by atoms with Crippen molar-refractivity contribution in [2.75, 3.05) is 17.7 Å². The van der Waals surface area contributed by atoms with E-state index in [-0.39, 0.29) is 11.5 Å². The number of nitrogen functional groups attached to an aromatic ring is 1. The van der Waals surface area contributed by atoms with Crippen molar-refractivity contribution in [2.24, 2.45) is 0 Å². The van der Waals surface area contributed by atoms with Gasteiger partial charge < -0.3 is 15.8 Å². The Labute approximate surface area is 115 Å². The number of aromatic nitrogens is 1. The quantitative estimate of drug-likeness (QED) is 0.641. The van der Waals surface area contributed by atoms with Gasteiger partial charge in [-0.25, -0.2) is 4.98 Å². The number of nitro groups is 1. The minimum absolute atomic E-state index is 0.0904. The highest BCUT2D eigenvalue weighted by molar-refractivity contribution is 5.61. The molecule has 7 nitrogen and oxygen atoms in total. The largest absolute Gasteiger partial charge is 0.494 e. The zero-order valence-electron chi connectivity index (χ0n) is 10.9. The summed E-state index contributed by atoms with van der Waals surface area (Å²) in [5.41, 5.74) is 6.17. The van der Waals surface area contributed by atoms with Crippen molar-refractivity contribution < 1.29 is 9.66 Å². The Balaban J connectivity index is 2.19. The highest BCUT2D eigenvalue weighted by Gasteiger charge is 2.09. The van der Waals surface area contributed by atoms with Crippen molar-refractivity contribution >= 4 is 23.0 Å². The maximum atomic E-state index is 10.8. The Morgan fingerprint density at radius 2 is 2.05 bits per heavy atom. The van der Waals surface area contributed by atoms with E-state index in [1.165, 1.54) is 12.1 Å². The molecule has 1 heterocycles. The van der Waals surface area contributed by atoms with Gasteiger partial charge in [0.2, 0.25) is 0 Å². The van der Waals surface area contributed by atoms with E-state index >= 15 is 0 Å². The zero-order chi connectivity index (χ0) is 14.5. The van der Waals surface area contributed by atoms with Crippen molar-refractivity contribution in [3.8, 4) is 5.75 Å². The number of anilines is 3. The summed E-state index contributed by atoms with van der Waals surface area (Å²) in [5.74, 6) is 1.16. The molecule has 0 atom stereocenters. The highest BCUT2D eigenvalue weighted by atomic mass is 16.6. The van der Waals surface area contributed by atoms with Gasteiger partial charge >= 0.3 is 0 Å². The molecule has 1 aromatic heterocycles. The molecule has 0 spiro atoms. The van der Waals surface area contributed by atoms with Crippen LogP contribution in [0, 0.1) is 10.1 Å². The predicted molar refractivity (Wildman–Crippen MR) is 76.2 cm³/mol. The summed E-state index contributed by atoms with van der Waals surface area (Å²) < 4.78 is 5.33. The number of hydrogen-bond acceptors (Lipinski definition) is 6. The van der Waals surface area contributed by atoms with Gasteiger partial charge in [-0.05, 0) is 31.2 Å². The Bertz CT molecular complexity index is 614. The summed E-state index contributed by atoms with van der Waals surface area (Å²) >= 11 is 0. The van der Waals surface area contributed by atoms with E-state index < -0.39 is 4.92 Å². The SMILES string of the molecule is CCOc1ccc(Nc2cc([N+](=O)[O-])cc(N)n2)cc1. The van der Waals surface area contributed by atoms with Crippen LogP contribution < -0.4 is 15.8 Å². The third-order valence-corrected chi connectivity index (χ3v) is 2.48. The maximum Gasteiger partial charge on any atom is 0.276 e. The van der Waals surface area contributed by atoms with Gasteiger partial charge in [0.25, 0.3) is 5.69 Å². The third-order valence-electron chi connectivity index (χ3n) is 2.48. The molecule has 0 fully saturated rings. The standard InChI is InChI=1S/C13H14N4O3/c1-2-20-11-5-3-9(4-6-11)15-13-8-10(17(18)19)7-12(14)16-13/h3-8H,2H2,1H3,(H3,14,15,16). The van der Waals surface area contributed by atoms with Crippen LogP contribution in [-0.4, -0.2) is 16.5 Å². The van der Waals surface area contributed by atoms with Gasteiger partial charge in [0, 0.05) is 5.69 Å². The van der Waals surface area contributed by atoms with Crippen LogP contribution in [-0.2, 0) is 0 Å². The van der Waals surface area contributed by atoms with E-state index in [0.717, 1.165) is 11.4 Å². The lowest BCUT2D eigenvalue weighted by molar-refractivity contribution is -0.384. The molecule has 0 amide bonds. The molecule has 7 heteroatoms. The topological polar surface area (TPSA) is 103 Å². The van der Waals surface area contributed by atoms with Crippen molar-refractivity contribution in [3.05, 3.63) is 46.5 Å². The average molecular weight is 274 g/mol. The normalized spacial score (nSPS) is 10.1. The number of benzene rings is 1. The fraction of sp³-hybridized carbons (Fsp3) is 0.154. The molecule has 2 rings (SSSR count). The van der Waals surface area contributed by atoms with Crippen LogP contribution in [0.3, 0.4) is 0 Å². The van der Waals surface area contributed by atoms with Crippen molar-refractivity contribution in [1.82, 2.24) is 4.98 Å². The predicted octanol–water partition coefficient (Wildman–Crippen LogP) is 2.71. The van der Waals surface area contributed by atoms with Crippen LogP contribution in [0.15, 0.2) is 36.4 Å². The Morgan fingerprint density at radius 3 is 2.65 bits per heavy atom. The molecular weight excluding hydrogens is 260 g/mol. The molecule has 0 aliphatic heterocycles. The van der Waals surface area contributed by atoms with Crippen LogP contribution in [0.4, 0.5) is 23.0 Å². The average Bonchev–Trinajstić information content (AvgIpc) is 2.40. The lowest BCUT2D eigenvalue weighted by atomic mass is 10.3.